The first-order chi connectivity index (χ1) is 9.54. The molecule has 20 heavy (non-hydrogen) atoms. The third kappa shape index (κ3) is 2.51. The predicted octanol–water partition coefficient (Wildman–Crippen LogP) is 5.51. The summed E-state index contributed by atoms with van der Waals surface area (Å²) in [6.07, 6.45) is 0. The first-order valence-electron chi connectivity index (χ1n) is 5.63. The van der Waals surface area contributed by atoms with Gasteiger partial charge in [0, 0.05) is 15.4 Å². The van der Waals surface area contributed by atoms with Gasteiger partial charge in [0.05, 0.1) is 10.5 Å². The van der Waals surface area contributed by atoms with E-state index >= 15 is 0 Å². The van der Waals surface area contributed by atoms with E-state index in [9.17, 15) is 4.39 Å². The third-order valence-corrected chi connectivity index (χ3v) is 3.88. The fraction of sp³-hybridized carbons (Fsp3) is 0. The van der Waals surface area contributed by atoms with E-state index < -0.39 is 5.82 Å². The standard InChI is InChI=1S/C14H6BrCl2FN2/c15-8-2-3-9-12(6-8)19-14(20-13(9)17)7-1-4-10(16)11(18)5-7/h1-6H. The Kier molecular flexibility index (Phi) is 3.63. The lowest BCUT2D eigenvalue weighted by Gasteiger charge is -2.05. The normalized spacial score (nSPS) is 11.0. The fourth-order valence-corrected chi connectivity index (χ4v) is 2.53. The lowest BCUT2D eigenvalue weighted by molar-refractivity contribution is 0.628. The molecule has 0 amide bonds. The highest BCUT2D eigenvalue weighted by Crippen LogP contribution is 2.28. The zero-order chi connectivity index (χ0) is 14.3. The average Bonchev–Trinajstić information content (AvgIpc) is 2.41. The smallest absolute Gasteiger partial charge is 0.161 e. The van der Waals surface area contributed by atoms with Crippen molar-refractivity contribution in [3.63, 3.8) is 0 Å². The van der Waals surface area contributed by atoms with Crippen LogP contribution in [0, 0.1) is 5.82 Å². The second kappa shape index (κ2) is 5.28. The van der Waals surface area contributed by atoms with Crippen LogP contribution in [0.5, 0.6) is 0 Å². The van der Waals surface area contributed by atoms with Gasteiger partial charge in [-0.2, -0.15) is 0 Å². The number of halogens is 4. The van der Waals surface area contributed by atoms with Crippen LogP contribution in [0.2, 0.25) is 10.2 Å². The Morgan fingerprint density at radius 2 is 1.80 bits per heavy atom. The molecule has 1 aromatic heterocycles. The van der Waals surface area contributed by atoms with E-state index in [4.69, 9.17) is 23.2 Å². The maximum absolute atomic E-state index is 13.5. The topological polar surface area (TPSA) is 25.8 Å². The lowest BCUT2D eigenvalue weighted by Crippen LogP contribution is -1.92. The summed E-state index contributed by atoms with van der Waals surface area (Å²) in [7, 11) is 0. The molecule has 0 aliphatic rings. The second-order valence-electron chi connectivity index (χ2n) is 4.13. The van der Waals surface area contributed by atoms with Gasteiger partial charge in [-0.3, -0.25) is 0 Å². The van der Waals surface area contributed by atoms with Gasteiger partial charge in [0.25, 0.3) is 0 Å². The van der Waals surface area contributed by atoms with E-state index in [1.54, 1.807) is 6.07 Å². The summed E-state index contributed by atoms with van der Waals surface area (Å²) in [5.74, 6) is -0.158. The van der Waals surface area contributed by atoms with Crippen molar-refractivity contribution in [1.29, 1.82) is 0 Å². The van der Waals surface area contributed by atoms with Gasteiger partial charge in [-0.15, -0.1) is 0 Å². The van der Waals surface area contributed by atoms with Gasteiger partial charge in [-0.05, 0) is 36.4 Å². The van der Waals surface area contributed by atoms with Gasteiger partial charge in [-0.25, -0.2) is 14.4 Å². The molecule has 0 N–H and O–H groups in total. The second-order valence-corrected chi connectivity index (χ2v) is 5.81. The van der Waals surface area contributed by atoms with Gasteiger partial charge >= 0.3 is 0 Å². The van der Waals surface area contributed by atoms with Gasteiger partial charge in [-0.1, -0.05) is 39.1 Å². The van der Waals surface area contributed by atoms with E-state index in [1.165, 1.54) is 12.1 Å². The van der Waals surface area contributed by atoms with Crippen molar-refractivity contribution in [2.24, 2.45) is 0 Å². The van der Waals surface area contributed by atoms with Crippen molar-refractivity contribution in [3.8, 4) is 11.4 Å². The minimum absolute atomic E-state index is 0.0587. The van der Waals surface area contributed by atoms with E-state index in [2.05, 4.69) is 25.9 Å². The zero-order valence-corrected chi connectivity index (χ0v) is 13.0. The van der Waals surface area contributed by atoms with Gasteiger partial charge in [0.15, 0.2) is 5.82 Å². The summed E-state index contributed by atoms with van der Waals surface area (Å²) in [4.78, 5) is 8.60. The molecule has 0 unspecified atom stereocenters. The molecule has 0 saturated heterocycles. The minimum Gasteiger partial charge on any atom is -0.228 e. The van der Waals surface area contributed by atoms with E-state index in [0.717, 1.165) is 9.86 Å². The predicted molar refractivity (Wildman–Crippen MR) is 82.7 cm³/mol. The van der Waals surface area contributed by atoms with Crippen molar-refractivity contribution < 1.29 is 4.39 Å². The Morgan fingerprint density at radius 1 is 1.00 bits per heavy atom. The molecule has 0 radical (unpaired) electrons. The van der Waals surface area contributed by atoms with Gasteiger partial charge < -0.3 is 0 Å². The van der Waals surface area contributed by atoms with Crippen LogP contribution in [0.3, 0.4) is 0 Å². The van der Waals surface area contributed by atoms with Crippen LogP contribution in [0.1, 0.15) is 0 Å². The molecule has 0 aliphatic heterocycles. The Morgan fingerprint density at radius 3 is 2.55 bits per heavy atom. The molecule has 3 rings (SSSR count). The first kappa shape index (κ1) is 13.7. The maximum Gasteiger partial charge on any atom is 0.161 e. The number of nitrogens with zero attached hydrogens (tertiary/aromatic N) is 2. The van der Waals surface area contributed by atoms with Crippen molar-refractivity contribution in [2.75, 3.05) is 0 Å². The molecule has 2 aromatic carbocycles. The summed E-state index contributed by atoms with van der Waals surface area (Å²) in [5, 5.41) is 1.13. The first-order valence-corrected chi connectivity index (χ1v) is 7.18. The molecular formula is C14H6BrCl2FN2. The molecule has 0 aliphatic carbocycles. The average molecular weight is 372 g/mol. The number of rotatable bonds is 1. The maximum atomic E-state index is 13.5. The minimum atomic E-state index is -0.516. The number of hydrogen-bond acceptors (Lipinski definition) is 2. The molecule has 6 heteroatoms. The number of hydrogen-bond donors (Lipinski definition) is 0. The molecule has 3 aromatic rings. The Bertz CT molecular complexity index is 824. The largest absolute Gasteiger partial charge is 0.228 e. The molecule has 0 spiro atoms. The molecule has 0 bridgehead atoms. The van der Waals surface area contributed by atoms with E-state index in [-0.39, 0.29) is 5.02 Å². The van der Waals surface area contributed by atoms with Crippen LogP contribution in [-0.4, -0.2) is 9.97 Å². The molecule has 0 saturated carbocycles. The lowest BCUT2D eigenvalue weighted by atomic mass is 10.2. The van der Waals surface area contributed by atoms with Crippen LogP contribution in [-0.2, 0) is 0 Å². The van der Waals surface area contributed by atoms with E-state index in [0.29, 0.717) is 22.1 Å². The van der Waals surface area contributed by atoms with Crippen molar-refractivity contribution in [1.82, 2.24) is 9.97 Å². The van der Waals surface area contributed by atoms with Crippen molar-refractivity contribution in [3.05, 3.63) is 56.9 Å². The quantitative estimate of drug-likeness (QED) is 0.527. The molecule has 1 heterocycles. The molecule has 0 fully saturated rings. The van der Waals surface area contributed by atoms with Crippen molar-refractivity contribution >= 4 is 50.0 Å². The highest BCUT2D eigenvalue weighted by molar-refractivity contribution is 9.10. The Balaban J connectivity index is 2.23. The summed E-state index contributed by atoms with van der Waals surface area (Å²) < 4.78 is 14.4. The highest BCUT2D eigenvalue weighted by atomic mass is 79.9. The Labute approximate surface area is 132 Å². The van der Waals surface area contributed by atoms with Crippen LogP contribution in [0.4, 0.5) is 4.39 Å². The monoisotopic (exact) mass is 370 g/mol. The van der Waals surface area contributed by atoms with Gasteiger partial charge in [0.2, 0.25) is 0 Å². The van der Waals surface area contributed by atoms with Crippen LogP contribution in [0.15, 0.2) is 40.9 Å². The number of fused-ring (bicyclic) bond motifs is 1. The third-order valence-electron chi connectivity index (χ3n) is 2.79. The van der Waals surface area contributed by atoms with Crippen LogP contribution < -0.4 is 0 Å². The fourth-order valence-electron chi connectivity index (χ4n) is 1.83. The summed E-state index contributed by atoms with van der Waals surface area (Å²) in [6.45, 7) is 0. The SMILES string of the molecule is Fc1cc(-c2nc(Cl)c3ccc(Br)cc3n2)ccc1Cl. The zero-order valence-electron chi connectivity index (χ0n) is 9.87. The number of aromatic nitrogens is 2. The van der Waals surface area contributed by atoms with Crippen LogP contribution >= 0.6 is 39.1 Å². The molecule has 100 valence electrons. The van der Waals surface area contributed by atoms with Crippen LogP contribution in [0.25, 0.3) is 22.3 Å². The summed E-state index contributed by atoms with van der Waals surface area (Å²) in [5.41, 5.74) is 1.21. The Hall–Kier alpha value is -1.23. The molecule has 0 atom stereocenters. The van der Waals surface area contributed by atoms with Gasteiger partial charge in [0.1, 0.15) is 11.0 Å². The highest BCUT2D eigenvalue weighted by Gasteiger charge is 2.10. The van der Waals surface area contributed by atoms with E-state index in [1.807, 2.05) is 18.2 Å². The van der Waals surface area contributed by atoms with Crippen molar-refractivity contribution in [2.45, 2.75) is 0 Å². The number of benzene rings is 2. The summed E-state index contributed by atoms with van der Waals surface area (Å²) in [6, 6.07) is 9.93. The molecule has 2 nitrogen and oxygen atoms in total. The summed E-state index contributed by atoms with van der Waals surface area (Å²) >= 11 is 15.2. The molecular weight excluding hydrogens is 366 g/mol.